The van der Waals surface area contributed by atoms with E-state index in [2.05, 4.69) is 79.7 Å². The summed E-state index contributed by atoms with van der Waals surface area (Å²) < 4.78 is 39.6. The molecular formula is C95H115NO23S. The Morgan fingerprint density at radius 1 is 0.383 bits per heavy atom. The lowest BCUT2D eigenvalue weighted by atomic mass is 9.87. The number of thioether (sulfide) groups is 1. The molecule has 0 unspecified atom stereocenters. The summed E-state index contributed by atoms with van der Waals surface area (Å²) in [6.45, 7) is 4.44. The number of rotatable bonds is 19. The zero-order valence-corrected chi connectivity index (χ0v) is 68.8. The Hall–Kier alpha value is -7.93. The fourth-order valence-corrected chi connectivity index (χ4v) is 18.4. The summed E-state index contributed by atoms with van der Waals surface area (Å²) in [5.74, 6) is 5.83. The summed E-state index contributed by atoms with van der Waals surface area (Å²) in [6.07, 6.45) is -3.41. The number of hydrogen-bond donors (Lipinski definition) is 17. The SMILES string of the molecule is C#Cc1ccc([C@@H]2O[C@H](CO)[C@@H](O)[C@H](O)[C@H]2O)cc1Cc1ccc2c(c1)OCCO2.CCc1ccc([C@@H]2O[C@H](CO)[C@@H](O)[C@H](O)[C@H]2O)cc1Cc1ccc2c(c1)CCCC2.CCc1ccc([C@@H]2O[C@H](CO)[C@@H](O)[C@H](O)[C@H]2O)cc1Cc1ccc2c(c1)CCCC2.COc1ccc([C@@H]2O[C@H](CO)[C@@H](O)[C@H](O)[C@H]2O)cc1Cc1ccc2c(c1)NCCS2. The molecule has 0 bridgehead atoms. The lowest BCUT2D eigenvalue weighted by Crippen LogP contribution is -2.55. The van der Waals surface area contributed by atoms with Crippen molar-refractivity contribution in [1.29, 1.82) is 0 Å². The molecule has 4 fully saturated rings. The molecule has 0 saturated carbocycles. The summed E-state index contributed by atoms with van der Waals surface area (Å²) in [5.41, 5.74) is 21.6. The van der Waals surface area contributed by atoms with Gasteiger partial charge in [-0.25, -0.2) is 0 Å². The van der Waals surface area contributed by atoms with Gasteiger partial charge in [0.25, 0.3) is 0 Å². The molecule has 8 aromatic carbocycles. The summed E-state index contributed by atoms with van der Waals surface area (Å²) in [7, 11) is 1.61. The third-order valence-corrected chi connectivity index (χ3v) is 25.5. The first kappa shape index (κ1) is 89.8. The highest BCUT2D eigenvalue weighted by atomic mass is 32.2. The van der Waals surface area contributed by atoms with Crippen LogP contribution in [0.2, 0.25) is 0 Å². The van der Waals surface area contributed by atoms with Crippen LogP contribution in [0, 0.1) is 12.3 Å². The number of aryl methyl sites for hydroxylation is 6. The first-order valence-electron chi connectivity index (χ1n) is 41.9. The first-order chi connectivity index (χ1) is 58.0. The largest absolute Gasteiger partial charge is 0.496 e. The molecule has 17 N–H and O–H groups in total. The Morgan fingerprint density at radius 2 is 0.758 bits per heavy atom. The number of hydrogen-bond acceptors (Lipinski definition) is 25. The van der Waals surface area contributed by atoms with Crippen molar-refractivity contribution in [1.82, 2.24) is 0 Å². The number of aliphatic hydroxyl groups excluding tert-OH is 16. The van der Waals surface area contributed by atoms with E-state index in [9.17, 15) is 81.7 Å². The van der Waals surface area contributed by atoms with Gasteiger partial charge in [-0.2, -0.15) is 0 Å². The zero-order valence-electron chi connectivity index (χ0n) is 68.0. The highest BCUT2D eigenvalue weighted by molar-refractivity contribution is 7.99. The number of benzene rings is 8. The van der Waals surface area contributed by atoms with Gasteiger partial charge >= 0.3 is 0 Å². The normalized spacial score (nSPS) is 28.6. The summed E-state index contributed by atoms with van der Waals surface area (Å²) in [5, 5.41) is 164. The van der Waals surface area contributed by atoms with E-state index < -0.39 is 149 Å². The standard InChI is InChI=1S/2C25H32O5.C23H24O7.C22H27NO6S/c2*1-2-16-9-10-19(25-24(29)23(28)22(27)21(14-26)30-25)13-20(16)12-15-7-8-17-5-3-4-6-18(17)11-15;1-2-14-4-5-15(23-22(27)21(26)20(25)19(12-24)30-23)11-16(14)9-13-3-6-17-18(10-13)29-8-7-28-17;1-28-16-4-3-13(22-21(27)20(26)19(25)17(11-24)29-22)10-14(16)8-12-2-5-18-15(9-12)23-6-7-30-18/h2*7-11,13,21-29H,2-6,12,14H2,1H3;1,3-6,10-11,19-27H,7-9,12H2;2-5,9-10,17,19-27H,6-8,11H2,1H3/t2*21-,22-,23+,24-,25+;19-,20-,21+,22-,23+;17-,19-,20+,21-,22+/m1111/s1. The number of terminal acetylenes is 1. The maximum atomic E-state index is 10.5. The van der Waals surface area contributed by atoms with Crippen molar-refractivity contribution in [3.8, 4) is 29.6 Å². The van der Waals surface area contributed by atoms with E-state index in [-0.39, 0.29) is 0 Å². The van der Waals surface area contributed by atoms with Crippen molar-refractivity contribution in [2.24, 2.45) is 0 Å². The minimum atomic E-state index is -1.44. The Labute approximate surface area is 704 Å². The lowest BCUT2D eigenvalue weighted by Gasteiger charge is -2.40. The van der Waals surface area contributed by atoms with Gasteiger partial charge in [0, 0.05) is 34.9 Å². The van der Waals surface area contributed by atoms with Crippen LogP contribution < -0.4 is 19.5 Å². The third-order valence-electron chi connectivity index (χ3n) is 24.4. The molecule has 0 amide bonds. The van der Waals surface area contributed by atoms with Crippen LogP contribution in [0.25, 0.3) is 0 Å². The number of methoxy groups -OCH3 is 1. The van der Waals surface area contributed by atoms with Crippen LogP contribution in [0.3, 0.4) is 0 Å². The van der Waals surface area contributed by atoms with Crippen LogP contribution in [0.4, 0.5) is 5.69 Å². The number of anilines is 1. The van der Waals surface area contributed by atoms with Crippen LogP contribution in [-0.4, -0.2) is 238 Å². The smallest absolute Gasteiger partial charge is 0.161 e. The molecule has 644 valence electrons. The molecule has 120 heavy (non-hydrogen) atoms. The average Bonchev–Trinajstić information content (AvgIpc) is 0.794. The Kier molecular flexibility index (Phi) is 31.1. The molecule has 16 rings (SSSR count). The van der Waals surface area contributed by atoms with Crippen LogP contribution >= 0.6 is 11.8 Å². The molecule has 6 aliphatic heterocycles. The quantitative estimate of drug-likeness (QED) is 0.0393. The second-order valence-electron chi connectivity index (χ2n) is 32.3. The van der Waals surface area contributed by atoms with Crippen LogP contribution in [0.1, 0.15) is 170 Å². The monoisotopic (exact) mass is 1670 g/mol. The van der Waals surface area contributed by atoms with Crippen LogP contribution in [0.5, 0.6) is 17.2 Å². The van der Waals surface area contributed by atoms with Gasteiger partial charge in [0.15, 0.2) is 11.5 Å². The summed E-state index contributed by atoms with van der Waals surface area (Å²) >= 11 is 1.84. The second kappa shape index (κ2) is 41.5. The highest BCUT2D eigenvalue weighted by Crippen LogP contribution is 2.42. The molecule has 2 aliphatic carbocycles. The van der Waals surface area contributed by atoms with Gasteiger partial charge in [0.2, 0.25) is 0 Å². The second-order valence-corrected chi connectivity index (χ2v) is 33.4. The number of nitrogens with one attached hydrogen (secondary N) is 1. The molecule has 6 heterocycles. The Morgan fingerprint density at radius 3 is 1.20 bits per heavy atom. The van der Waals surface area contributed by atoms with Gasteiger partial charge in [-0.05, 0) is 226 Å². The minimum absolute atomic E-state index is 0.420. The Bertz CT molecular complexity index is 4440. The molecule has 24 nitrogen and oxygen atoms in total. The van der Waals surface area contributed by atoms with Crippen molar-refractivity contribution in [2.75, 3.05) is 64.4 Å². The zero-order chi connectivity index (χ0) is 85.0. The van der Waals surface area contributed by atoms with Crippen molar-refractivity contribution in [3.05, 3.63) is 251 Å². The molecular weight excluding hydrogens is 1560 g/mol. The van der Waals surface area contributed by atoms with Crippen LogP contribution in [0.15, 0.2) is 150 Å². The van der Waals surface area contributed by atoms with E-state index >= 15 is 0 Å². The van der Waals surface area contributed by atoms with Crippen LogP contribution in [-0.2, 0) is 83.2 Å². The van der Waals surface area contributed by atoms with Gasteiger partial charge in [-0.3, -0.25) is 0 Å². The predicted octanol–water partition coefficient (Wildman–Crippen LogP) is 6.33. The third kappa shape index (κ3) is 20.6. The molecule has 25 heteroatoms. The van der Waals surface area contributed by atoms with Crippen molar-refractivity contribution in [3.63, 3.8) is 0 Å². The topological polar surface area (TPSA) is 400 Å². The predicted molar refractivity (Wildman–Crippen MR) is 450 cm³/mol. The fraction of sp³-hybridized carbons (Fsp3) is 0.474. The van der Waals surface area contributed by atoms with E-state index in [1.807, 2.05) is 78.5 Å². The first-order valence-corrected chi connectivity index (χ1v) is 42.9. The van der Waals surface area contributed by atoms with Gasteiger partial charge < -0.3 is 120 Å². The van der Waals surface area contributed by atoms with Crippen molar-refractivity contribution >= 4 is 17.4 Å². The molecule has 8 aromatic rings. The van der Waals surface area contributed by atoms with E-state index in [0.717, 1.165) is 89.9 Å². The maximum absolute atomic E-state index is 10.5. The number of ether oxygens (including phenoxy) is 7. The molecule has 4 saturated heterocycles. The lowest BCUT2D eigenvalue weighted by molar-refractivity contribution is -0.231. The molecule has 20 atom stereocenters. The number of aliphatic hydroxyl groups is 16. The molecule has 0 radical (unpaired) electrons. The molecule has 0 spiro atoms. The summed E-state index contributed by atoms with van der Waals surface area (Å²) in [6, 6.07) is 48.4. The molecule has 8 aliphatic rings. The van der Waals surface area contributed by atoms with Crippen molar-refractivity contribution < 1.29 is 115 Å². The van der Waals surface area contributed by atoms with E-state index in [0.29, 0.717) is 60.0 Å². The van der Waals surface area contributed by atoms with E-state index in [1.54, 1.807) is 31.4 Å². The van der Waals surface area contributed by atoms with E-state index in [4.69, 9.17) is 39.6 Å². The summed E-state index contributed by atoms with van der Waals surface area (Å²) in [4.78, 5) is 1.24. The molecule has 0 aromatic heterocycles. The van der Waals surface area contributed by atoms with Gasteiger partial charge in [0.1, 0.15) is 141 Å². The van der Waals surface area contributed by atoms with E-state index in [1.165, 1.54) is 99.1 Å². The van der Waals surface area contributed by atoms with Gasteiger partial charge in [-0.15, -0.1) is 18.2 Å². The average molecular weight is 1670 g/mol. The maximum Gasteiger partial charge on any atom is 0.161 e. The fourth-order valence-electron chi connectivity index (χ4n) is 17.5. The highest BCUT2D eigenvalue weighted by Gasteiger charge is 2.48. The van der Waals surface area contributed by atoms with Crippen molar-refractivity contribution in [2.45, 2.75) is 231 Å². The number of fused-ring (bicyclic) bond motifs is 4. The van der Waals surface area contributed by atoms with Gasteiger partial charge in [-0.1, -0.05) is 123 Å². The Balaban J connectivity index is 0.000000138. The minimum Gasteiger partial charge on any atom is -0.496 e. The van der Waals surface area contributed by atoms with Gasteiger partial charge in [0.05, 0.1) is 33.5 Å².